The summed E-state index contributed by atoms with van der Waals surface area (Å²) in [6, 6.07) is 15.8. The second-order valence-electron chi connectivity index (χ2n) is 8.05. The van der Waals surface area contributed by atoms with Gasteiger partial charge in [-0.3, -0.25) is 4.57 Å². The van der Waals surface area contributed by atoms with Crippen LogP contribution in [0.25, 0.3) is 34.1 Å². The highest BCUT2D eigenvalue weighted by molar-refractivity contribution is 5.83. The van der Waals surface area contributed by atoms with Crippen molar-refractivity contribution in [1.29, 1.82) is 0 Å². The maximum atomic E-state index is 6.27. The van der Waals surface area contributed by atoms with Crippen LogP contribution >= 0.6 is 0 Å². The lowest BCUT2D eigenvalue weighted by Gasteiger charge is -2.13. The molecule has 9 heteroatoms. The molecule has 4 heterocycles. The molecule has 1 aliphatic carbocycles. The van der Waals surface area contributed by atoms with E-state index in [0.717, 1.165) is 29.6 Å². The number of nitrogens with two attached hydrogens (primary N) is 2. The molecule has 33 heavy (non-hydrogen) atoms. The lowest BCUT2D eigenvalue weighted by atomic mass is 10.1. The summed E-state index contributed by atoms with van der Waals surface area (Å²) in [6.07, 6.45) is 5.39. The number of benzene rings is 1. The molecule has 4 aromatic heterocycles. The number of pyridine rings is 2. The summed E-state index contributed by atoms with van der Waals surface area (Å²) in [5.41, 5.74) is 18.1. The number of hydrogen-bond donors (Lipinski definition) is 2. The molecule has 1 aliphatic rings. The van der Waals surface area contributed by atoms with Gasteiger partial charge < -0.3 is 16.2 Å². The largest absolute Gasteiger partial charge is 0.480 e. The molecule has 0 bridgehead atoms. The van der Waals surface area contributed by atoms with Gasteiger partial charge in [0.25, 0.3) is 0 Å². The number of aryl methyl sites for hydroxylation is 1. The van der Waals surface area contributed by atoms with Gasteiger partial charge in [-0.2, -0.15) is 0 Å². The standard InChI is InChI=1S/C24H22N8O/c1-33-21-10-12-31(30-21)20-9-8-19-24(29-20)32(23(28-19)17-3-2-11-27-22(17)26)15-5-6-16-14(13-15)4-7-18(16)25/h2-3,5-6,8-13,18H,4,7,25H2,1H3,(H2,26,27)/t18-/m0/s1. The van der Waals surface area contributed by atoms with E-state index < -0.39 is 0 Å². The summed E-state index contributed by atoms with van der Waals surface area (Å²) in [4.78, 5) is 14.1. The minimum absolute atomic E-state index is 0.0848. The van der Waals surface area contributed by atoms with Crippen LogP contribution in [0, 0.1) is 0 Å². The average Bonchev–Trinajstić information content (AvgIpc) is 3.55. The zero-order chi connectivity index (χ0) is 22.5. The number of anilines is 1. The Morgan fingerprint density at radius 1 is 1.09 bits per heavy atom. The molecule has 9 nitrogen and oxygen atoms in total. The van der Waals surface area contributed by atoms with Gasteiger partial charge in [0.15, 0.2) is 17.3 Å². The summed E-state index contributed by atoms with van der Waals surface area (Å²) in [5.74, 6) is 2.26. The molecule has 0 spiro atoms. The molecule has 1 aromatic carbocycles. The van der Waals surface area contributed by atoms with E-state index in [1.54, 1.807) is 24.1 Å². The number of rotatable bonds is 4. The Balaban J connectivity index is 1.61. The zero-order valence-corrected chi connectivity index (χ0v) is 18.0. The second-order valence-corrected chi connectivity index (χ2v) is 8.05. The van der Waals surface area contributed by atoms with Crippen LogP contribution in [0.1, 0.15) is 23.6 Å². The third kappa shape index (κ3) is 3.13. The monoisotopic (exact) mass is 438 g/mol. The third-order valence-electron chi connectivity index (χ3n) is 6.09. The van der Waals surface area contributed by atoms with Crippen LogP contribution in [-0.2, 0) is 6.42 Å². The van der Waals surface area contributed by atoms with E-state index in [9.17, 15) is 0 Å². The molecule has 0 saturated carbocycles. The number of nitrogens with zero attached hydrogens (tertiary/aromatic N) is 6. The van der Waals surface area contributed by atoms with Crippen LogP contribution in [0.2, 0.25) is 0 Å². The Bertz CT molecular complexity index is 1500. The van der Waals surface area contributed by atoms with E-state index in [1.807, 2.05) is 35.0 Å². The summed E-state index contributed by atoms with van der Waals surface area (Å²) in [5, 5.41) is 4.40. The van der Waals surface area contributed by atoms with Gasteiger partial charge in [-0.15, -0.1) is 5.10 Å². The molecule has 164 valence electrons. The van der Waals surface area contributed by atoms with Gasteiger partial charge in [0, 0.05) is 30.2 Å². The SMILES string of the molecule is COc1ccn(-c2ccc3nc(-c4cccnc4N)n(-c4ccc5c(c4)CC[C@@H]5N)c3n2)n1. The number of nitrogen functional groups attached to an aromatic ring is 1. The topological polar surface area (TPSA) is 123 Å². The van der Waals surface area contributed by atoms with E-state index in [1.165, 1.54) is 11.1 Å². The average molecular weight is 438 g/mol. The maximum absolute atomic E-state index is 6.27. The van der Waals surface area contributed by atoms with Crippen LogP contribution < -0.4 is 16.2 Å². The predicted molar refractivity (Wildman–Crippen MR) is 125 cm³/mol. The fourth-order valence-electron chi connectivity index (χ4n) is 4.43. The van der Waals surface area contributed by atoms with Crippen molar-refractivity contribution >= 4 is 17.0 Å². The zero-order valence-electron chi connectivity index (χ0n) is 18.0. The second kappa shape index (κ2) is 7.42. The van der Waals surface area contributed by atoms with Gasteiger partial charge in [-0.25, -0.2) is 19.6 Å². The van der Waals surface area contributed by atoms with Crippen molar-refractivity contribution in [3.05, 3.63) is 72.1 Å². The first kappa shape index (κ1) is 19.4. The summed E-state index contributed by atoms with van der Waals surface area (Å²) in [7, 11) is 1.59. The highest BCUT2D eigenvalue weighted by Gasteiger charge is 2.23. The molecule has 6 rings (SSSR count). The molecule has 0 unspecified atom stereocenters. The number of ether oxygens (including phenoxy) is 1. The molecule has 5 aromatic rings. The van der Waals surface area contributed by atoms with Crippen LogP contribution in [0.15, 0.2) is 60.9 Å². The fraction of sp³-hybridized carbons (Fsp3) is 0.167. The first-order chi connectivity index (χ1) is 16.1. The molecule has 0 fully saturated rings. The van der Waals surface area contributed by atoms with Crippen molar-refractivity contribution in [3.8, 4) is 28.8 Å². The lowest BCUT2D eigenvalue weighted by Crippen LogP contribution is -2.06. The molecule has 4 N–H and O–H groups in total. The van der Waals surface area contributed by atoms with E-state index >= 15 is 0 Å². The van der Waals surface area contributed by atoms with Crippen LogP contribution in [0.5, 0.6) is 5.88 Å². The smallest absolute Gasteiger partial charge is 0.232 e. The number of fused-ring (bicyclic) bond motifs is 2. The van der Waals surface area contributed by atoms with Crippen LogP contribution in [0.3, 0.4) is 0 Å². The molecule has 0 saturated heterocycles. The first-order valence-electron chi connectivity index (χ1n) is 10.7. The highest BCUT2D eigenvalue weighted by Crippen LogP contribution is 2.35. The lowest BCUT2D eigenvalue weighted by molar-refractivity contribution is 0.394. The van der Waals surface area contributed by atoms with Gasteiger partial charge in [0.05, 0.1) is 12.7 Å². The van der Waals surface area contributed by atoms with E-state index in [-0.39, 0.29) is 6.04 Å². The quantitative estimate of drug-likeness (QED) is 0.442. The number of aromatic nitrogens is 6. The Kier molecular flexibility index (Phi) is 4.37. The Labute approximate surface area is 189 Å². The Morgan fingerprint density at radius 3 is 2.82 bits per heavy atom. The van der Waals surface area contributed by atoms with Gasteiger partial charge in [0.2, 0.25) is 5.88 Å². The van der Waals surface area contributed by atoms with Crippen molar-refractivity contribution in [2.75, 3.05) is 12.8 Å². The minimum Gasteiger partial charge on any atom is -0.480 e. The van der Waals surface area contributed by atoms with Gasteiger partial charge in [-0.1, -0.05) is 6.07 Å². The highest BCUT2D eigenvalue weighted by atomic mass is 16.5. The fourth-order valence-corrected chi connectivity index (χ4v) is 4.43. The third-order valence-corrected chi connectivity index (χ3v) is 6.09. The summed E-state index contributed by atoms with van der Waals surface area (Å²) in [6.45, 7) is 0. The molecular weight excluding hydrogens is 416 g/mol. The first-order valence-corrected chi connectivity index (χ1v) is 10.7. The molecule has 0 aliphatic heterocycles. The number of methoxy groups -OCH3 is 1. The number of hydrogen-bond acceptors (Lipinski definition) is 7. The Morgan fingerprint density at radius 2 is 2.00 bits per heavy atom. The maximum Gasteiger partial charge on any atom is 0.232 e. The van der Waals surface area contributed by atoms with Crippen molar-refractivity contribution in [2.45, 2.75) is 18.9 Å². The van der Waals surface area contributed by atoms with Crippen molar-refractivity contribution < 1.29 is 4.74 Å². The van der Waals surface area contributed by atoms with Gasteiger partial charge >= 0.3 is 0 Å². The van der Waals surface area contributed by atoms with Gasteiger partial charge in [0.1, 0.15) is 11.3 Å². The summed E-state index contributed by atoms with van der Waals surface area (Å²) < 4.78 is 8.92. The van der Waals surface area contributed by atoms with Crippen molar-refractivity contribution in [3.63, 3.8) is 0 Å². The molecule has 0 amide bonds. The predicted octanol–water partition coefficient (Wildman–Crippen LogP) is 3.21. The number of imidazole rings is 1. The van der Waals surface area contributed by atoms with Crippen molar-refractivity contribution in [1.82, 2.24) is 29.3 Å². The van der Waals surface area contributed by atoms with Gasteiger partial charge in [-0.05, 0) is 60.4 Å². The normalized spacial score (nSPS) is 15.2. The Hall–Kier alpha value is -4.24. The van der Waals surface area contributed by atoms with Crippen LogP contribution in [0.4, 0.5) is 5.82 Å². The van der Waals surface area contributed by atoms with E-state index in [0.29, 0.717) is 29.0 Å². The van der Waals surface area contributed by atoms with E-state index in [4.69, 9.17) is 26.2 Å². The van der Waals surface area contributed by atoms with Crippen LogP contribution in [-0.4, -0.2) is 36.4 Å². The van der Waals surface area contributed by atoms with Crippen molar-refractivity contribution in [2.24, 2.45) is 5.73 Å². The summed E-state index contributed by atoms with van der Waals surface area (Å²) >= 11 is 0. The molecule has 1 atom stereocenters. The molecule has 0 radical (unpaired) electrons. The molecular formula is C24H22N8O. The van der Waals surface area contributed by atoms with E-state index in [2.05, 4.69) is 28.3 Å². The minimum atomic E-state index is 0.0848.